The van der Waals surface area contributed by atoms with E-state index in [1.54, 1.807) is 19.2 Å². The second kappa shape index (κ2) is 10.8. The maximum atomic E-state index is 10.1. The van der Waals surface area contributed by atoms with Crippen LogP contribution in [0.4, 0.5) is 5.82 Å². The van der Waals surface area contributed by atoms with Crippen molar-refractivity contribution in [1.82, 2.24) is 30.2 Å². The summed E-state index contributed by atoms with van der Waals surface area (Å²) in [5.74, 6) is 2.52. The molecule has 11 nitrogen and oxygen atoms in total. The Kier molecular flexibility index (Phi) is 7.22. The van der Waals surface area contributed by atoms with Gasteiger partial charge in [-0.3, -0.25) is 4.68 Å². The summed E-state index contributed by atoms with van der Waals surface area (Å²) in [4.78, 5) is 12.3. The van der Waals surface area contributed by atoms with Gasteiger partial charge < -0.3 is 29.3 Å². The fourth-order valence-corrected chi connectivity index (χ4v) is 5.45. The largest absolute Gasteiger partial charge is 0.491 e. The van der Waals surface area contributed by atoms with Crippen LogP contribution in [0.2, 0.25) is 5.02 Å². The smallest absolute Gasteiger partial charge is 0.163 e. The lowest BCUT2D eigenvalue weighted by Crippen LogP contribution is -2.33. The Labute approximate surface area is 237 Å². The van der Waals surface area contributed by atoms with E-state index in [4.69, 9.17) is 35.6 Å². The Morgan fingerprint density at radius 2 is 2.02 bits per heavy atom. The fourth-order valence-electron chi connectivity index (χ4n) is 5.25. The van der Waals surface area contributed by atoms with Gasteiger partial charge in [0.25, 0.3) is 0 Å². The Morgan fingerprint density at radius 1 is 1.20 bits per heavy atom. The monoisotopic (exact) mass is 565 g/mol. The zero-order chi connectivity index (χ0) is 28.0. The van der Waals surface area contributed by atoms with E-state index in [-0.39, 0.29) is 12.6 Å². The third-order valence-corrected chi connectivity index (χ3v) is 7.73. The number of anilines is 1. The summed E-state index contributed by atoms with van der Waals surface area (Å²) >= 11 is 6.71. The van der Waals surface area contributed by atoms with Gasteiger partial charge in [-0.15, -0.1) is 0 Å². The number of hydrogen-bond acceptors (Lipinski definition) is 10. The summed E-state index contributed by atoms with van der Waals surface area (Å²) < 4.78 is 18.9. The molecule has 0 saturated carbocycles. The maximum Gasteiger partial charge on any atom is 0.163 e. The Hall–Kier alpha value is -3.51. The number of aryl methyl sites for hydroxylation is 2. The highest BCUT2D eigenvalue weighted by atomic mass is 35.5. The standard InChI is InChI=1S/C28H32ClN7O4/c1-15-26(25-16(2)34-40-17(25)3)32-27(22-7-21(5-6-23(22)29)39-14-20(37)9-30-4)33-28(15)35-10-18-8-31-36(24(18)11-35)19-12-38-13-19/h5-8,19-20,30,37H,9-14H2,1-4H3/t20-/m1/s1. The van der Waals surface area contributed by atoms with Crippen LogP contribution in [-0.2, 0) is 17.8 Å². The Bertz CT molecular complexity index is 1530. The molecule has 0 unspecified atom stereocenters. The van der Waals surface area contributed by atoms with Crippen molar-refractivity contribution in [2.75, 3.05) is 38.3 Å². The van der Waals surface area contributed by atoms with E-state index in [9.17, 15) is 5.11 Å². The van der Waals surface area contributed by atoms with Crippen LogP contribution < -0.4 is 15.0 Å². The van der Waals surface area contributed by atoms with Crippen molar-refractivity contribution in [3.05, 3.63) is 57.7 Å². The van der Waals surface area contributed by atoms with E-state index in [1.807, 2.05) is 33.0 Å². The van der Waals surface area contributed by atoms with Crippen LogP contribution in [0.1, 0.15) is 34.3 Å². The van der Waals surface area contributed by atoms with E-state index < -0.39 is 6.10 Å². The minimum atomic E-state index is -0.642. The van der Waals surface area contributed by atoms with Gasteiger partial charge in [0.05, 0.1) is 59.7 Å². The highest BCUT2D eigenvalue weighted by Crippen LogP contribution is 2.39. The number of aliphatic hydroxyl groups is 1. The molecule has 1 aromatic carbocycles. The Morgan fingerprint density at radius 3 is 2.73 bits per heavy atom. The molecule has 1 fully saturated rings. The number of rotatable bonds is 9. The van der Waals surface area contributed by atoms with Gasteiger partial charge in [-0.05, 0) is 46.0 Å². The lowest BCUT2D eigenvalue weighted by Gasteiger charge is -2.28. The molecule has 2 aliphatic heterocycles. The predicted molar refractivity (Wildman–Crippen MR) is 150 cm³/mol. The first-order chi connectivity index (χ1) is 19.3. The number of hydrogen-bond donors (Lipinski definition) is 2. The Balaban J connectivity index is 1.41. The summed E-state index contributed by atoms with van der Waals surface area (Å²) in [5, 5.41) is 22.3. The molecule has 12 heteroatoms. The summed E-state index contributed by atoms with van der Waals surface area (Å²) in [5.41, 5.74) is 6.26. The maximum absolute atomic E-state index is 10.1. The van der Waals surface area contributed by atoms with Crippen LogP contribution in [0.15, 0.2) is 28.9 Å². The SMILES string of the molecule is CNC[C@@H](O)COc1ccc(Cl)c(-c2nc(-c3c(C)noc3C)c(C)c(N3Cc4cnn(C5COC5)c4C3)n2)c1. The number of halogens is 1. The molecule has 3 aromatic heterocycles. The molecule has 0 bridgehead atoms. The van der Waals surface area contributed by atoms with Crippen LogP contribution in [0.5, 0.6) is 5.75 Å². The van der Waals surface area contributed by atoms with Crippen molar-refractivity contribution in [2.45, 2.75) is 46.0 Å². The average Bonchev–Trinajstić information content (AvgIpc) is 3.58. The van der Waals surface area contributed by atoms with Crippen molar-refractivity contribution < 1.29 is 19.1 Å². The number of benzene rings is 1. The molecule has 0 radical (unpaired) electrons. The number of nitrogens with zero attached hydrogens (tertiary/aromatic N) is 6. The van der Waals surface area contributed by atoms with Gasteiger partial charge >= 0.3 is 0 Å². The molecule has 2 aliphatic rings. The van der Waals surface area contributed by atoms with Crippen LogP contribution in [0, 0.1) is 20.8 Å². The molecule has 1 atom stereocenters. The number of ether oxygens (including phenoxy) is 2. The molecule has 6 rings (SSSR count). The van der Waals surface area contributed by atoms with Gasteiger partial charge in [0.2, 0.25) is 0 Å². The molecule has 0 amide bonds. The molecule has 5 heterocycles. The van der Waals surface area contributed by atoms with E-state index in [2.05, 4.69) is 25.2 Å². The van der Waals surface area contributed by atoms with Crippen molar-refractivity contribution >= 4 is 17.4 Å². The van der Waals surface area contributed by atoms with Gasteiger partial charge in [0, 0.05) is 29.8 Å². The van der Waals surface area contributed by atoms with Gasteiger partial charge in [0.15, 0.2) is 5.82 Å². The minimum absolute atomic E-state index is 0.140. The molecular formula is C28H32ClN7O4. The van der Waals surface area contributed by atoms with E-state index in [0.29, 0.717) is 60.8 Å². The van der Waals surface area contributed by atoms with Gasteiger partial charge in [0.1, 0.15) is 30.0 Å². The molecular weight excluding hydrogens is 534 g/mol. The van der Waals surface area contributed by atoms with Crippen LogP contribution >= 0.6 is 11.6 Å². The lowest BCUT2D eigenvalue weighted by molar-refractivity contribution is -0.0297. The van der Waals surface area contributed by atoms with Crippen molar-refractivity contribution in [3.8, 4) is 28.4 Å². The molecule has 0 spiro atoms. The van der Waals surface area contributed by atoms with Crippen molar-refractivity contribution in [2.24, 2.45) is 0 Å². The first kappa shape index (κ1) is 26.7. The minimum Gasteiger partial charge on any atom is -0.491 e. The summed E-state index contributed by atoms with van der Waals surface area (Å²) in [7, 11) is 1.78. The molecule has 2 N–H and O–H groups in total. The quantitative estimate of drug-likeness (QED) is 0.311. The highest BCUT2D eigenvalue weighted by molar-refractivity contribution is 6.33. The zero-order valence-corrected chi connectivity index (χ0v) is 23.7. The summed E-state index contributed by atoms with van der Waals surface area (Å²) in [6.45, 7) is 9.11. The van der Waals surface area contributed by atoms with E-state index in [1.165, 1.54) is 11.3 Å². The molecule has 1 saturated heterocycles. The highest BCUT2D eigenvalue weighted by Gasteiger charge is 2.32. The number of aliphatic hydroxyl groups excluding tert-OH is 1. The topological polar surface area (TPSA) is 124 Å². The second-order valence-electron chi connectivity index (χ2n) is 10.3. The number of likely N-dealkylation sites (N-methyl/N-ethyl adjacent to an activating group) is 1. The van der Waals surface area contributed by atoms with Crippen molar-refractivity contribution in [3.63, 3.8) is 0 Å². The van der Waals surface area contributed by atoms with Gasteiger partial charge in [-0.1, -0.05) is 16.8 Å². The van der Waals surface area contributed by atoms with Gasteiger partial charge in [-0.2, -0.15) is 5.10 Å². The predicted octanol–water partition coefficient (Wildman–Crippen LogP) is 3.62. The van der Waals surface area contributed by atoms with Crippen LogP contribution in [0.25, 0.3) is 22.6 Å². The van der Waals surface area contributed by atoms with Crippen LogP contribution in [0.3, 0.4) is 0 Å². The molecule has 0 aliphatic carbocycles. The first-order valence-electron chi connectivity index (χ1n) is 13.3. The number of fused-ring (bicyclic) bond motifs is 1. The molecule has 4 aromatic rings. The zero-order valence-electron chi connectivity index (χ0n) is 22.9. The fraction of sp³-hybridized carbons (Fsp3) is 0.429. The first-order valence-corrected chi connectivity index (χ1v) is 13.7. The molecule has 210 valence electrons. The van der Waals surface area contributed by atoms with Crippen LogP contribution in [-0.4, -0.2) is 69.5 Å². The summed E-state index contributed by atoms with van der Waals surface area (Å²) in [6.07, 6.45) is 1.30. The second-order valence-corrected chi connectivity index (χ2v) is 10.7. The summed E-state index contributed by atoms with van der Waals surface area (Å²) in [6, 6.07) is 5.62. The lowest BCUT2D eigenvalue weighted by atomic mass is 10.0. The van der Waals surface area contributed by atoms with E-state index >= 15 is 0 Å². The third-order valence-electron chi connectivity index (χ3n) is 7.40. The third kappa shape index (κ3) is 4.83. The number of nitrogens with one attached hydrogen (secondary N) is 1. The average molecular weight is 566 g/mol. The normalized spacial score (nSPS) is 15.8. The molecule has 40 heavy (non-hydrogen) atoms. The van der Waals surface area contributed by atoms with E-state index in [0.717, 1.165) is 28.3 Å². The van der Waals surface area contributed by atoms with Gasteiger partial charge in [-0.25, -0.2) is 9.97 Å². The number of aromatic nitrogens is 5. The van der Waals surface area contributed by atoms with Crippen molar-refractivity contribution in [1.29, 1.82) is 0 Å².